The molecule has 1 aromatic carbocycles. The molecule has 1 amide bonds. The van der Waals surface area contributed by atoms with Gasteiger partial charge >= 0.3 is 0 Å². The third-order valence-corrected chi connectivity index (χ3v) is 1.90. The van der Waals surface area contributed by atoms with Crippen molar-refractivity contribution in [3.05, 3.63) is 29.3 Å². The molecule has 0 atom stereocenters. The molecule has 3 heteroatoms. The van der Waals surface area contributed by atoms with Crippen molar-refractivity contribution in [2.75, 3.05) is 14.2 Å². The fourth-order valence-electron chi connectivity index (χ4n) is 1.11. The number of ether oxygens (including phenoxy) is 1. The van der Waals surface area contributed by atoms with Crippen LogP contribution in [-0.4, -0.2) is 20.1 Å². The third-order valence-electron chi connectivity index (χ3n) is 1.90. The first-order valence-corrected chi connectivity index (χ1v) is 4.05. The monoisotopic (exact) mass is 179 g/mol. The molecule has 0 fully saturated rings. The predicted octanol–water partition coefficient (Wildman–Crippen LogP) is 1.36. The molecule has 1 aromatic rings. The summed E-state index contributed by atoms with van der Waals surface area (Å²) in [4.78, 5) is 11.2. The summed E-state index contributed by atoms with van der Waals surface area (Å²) < 4.78 is 5.10. The molecule has 1 N–H and O–H groups in total. The van der Waals surface area contributed by atoms with Crippen LogP contribution in [0.2, 0.25) is 0 Å². The number of nitrogens with one attached hydrogen (secondary N) is 1. The SMILES string of the molecule is CNC(=O)c1ccc(C)c(OC)c1. The summed E-state index contributed by atoms with van der Waals surface area (Å²) in [6.07, 6.45) is 0. The number of rotatable bonds is 2. The van der Waals surface area contributed by atoms with Crippen molar-refractivity contribution in [2.24, 2.45) is 0 Å². The van der Waals surface area contributed by atoms with E-state index in [1.165, 1.54) is 0 Å². The van der Waals surface area contributed by atoms with Crippen LogP contribution in [0.1, 0.15) is 15.9 Å². The minimum absolute atomic E-state index is 0.0988. The molecule has 0 spiro atoms. The van der Waals surface area contributed by atoms with E-state index in [1.807, 2.05) is 13.0 Å². The van der Waals surface area contributed by atoms with Crippen molar-refractivity contribution in [3.63, 3.8) is 0 Å². The van der Waals surface area contributed by atoms with E-state index in [2.05, 4.69) is 5.32 Å². The highest BCUT2D eigenvalue weighted by Gasteiger charge is 2.05. The molecule has 70 valence electrons. The van der Waals surface area contributed by atoms with Crippen molar-refractivity contribution in [1.82, 2.24) is 5.32 Å². The Morgan fingerprint density at radius 2 is 2.15 bits per heavy atom. The highest BCUT2D eigenvalue weighted by molar-refractivity contribution is 5.94. The normalized spacial score (nSPS) is 9.46. The van der Waals surface area contributed by atoms with Gasteiger partial charge in [-0.3, -0.25) is 4.79 Å². The van der Waals surface area contributed by atoms with E-state index in [0.717, 1.165) is 11.3 Å². The maximum absolute atomic E-state index is 11.2. The Balaban J connectivity index is 3.06. The number of benzene rings is 1. The first-order valence-electron chi connectivity index (χ1n) is 4.05. The second-order valence-corrected chi connectivity index (χ2v) is 2.76. The number of amides is 1. The van der Waals surface area contributed by atoms with Crippen LogP contribution in [0.4, 0.5) is 0 Å². The summed E-state index contributed by atoms with van der Waals surface area (Å²) in [5.74, 6) is 0.638. The fraction of sp³-hybridized carbons (Fsp3) is 0.300. The van der Waals surface area contributed by atoms with Gasteiger partial charge in [-0.15, -0.1) is 0 Å². The lowest BCUT2D eigenvalue weighted by Gasteiger charge is -2.06. The molecule has 3 nitrogen and oxygen atoms in total. The number of carbonyl (C=O) groups excluding carboxylic acids is 1. The Labute approximate surface area is 77.7 Å². The molecule has 0 aliphatic rings. The second kappa shape index (κ2) is 3.94. The molecule has 0 aliphatic carbocycles. The highest BCUT2D eigenvalue weighted by atomic mass is 16.5. The van der Waals surface area contributed by atoms with Gasteiger partial charge in [-0.25, -0.2) is 0 Å². The largest absolute Gasteiger partial charge is 0.496 e. The Hall–Kier alpha value is -1.51. The van der Waals surface area contributed by atoms with Gasteiger partial charge in [-0.1, -0.05) is 6.07 Å². The number of aryl methyl sites for hydroxylation is 1. The Kier molecular flexibility index (Phi) is 2.90. The van der Waals surface area contributed by atoms with Gasteiger partial charge in [0.25, 0.3) is 5.91 Å². The zero-order valence-corrected chi connectivity index (χ0v) is 8.05. The summed E-state index contributed by atoms with van der Waals surface area (Å²) >= 11 is 0. The third kappa shape index (κ3) is 1.99. The van der Waals surface area contributed by atoms with E-state index < -0.39 is 0 Å². The zero-order valence-electron chi connectivity index (χ0n) is 8.05. The van der Waals surface area contributed by atoms with E-state index in [9.17, 15) is 4.79 Å². The number of carbonyl (C=O) groups is 1. The molecular formula is C10H13NO2. The van der Waals surface area contributed by atoms with Crippen molar-refractivity contribution in [1.29, 1.82) is 0 Å². The van der Waals surface area contributed by atoms with Gasteiger partial charge in [-0.2, -0.15) is 0 Å². The van der Waals surface area contributed by atoms with Crippen LogP contribution in [0.15, 0.2) is 18.2 Å². The van der Waals surface area contributed by atoms with Crippen molar-refractivity contribution < 1.29 is 9.53 Å². The molecule has 0 aliphatic heterocycles. The number of hydrogen-bond acceptors (Lipinski definition) is 2. The lowest BCUT2D eigenvalue weighted by atomic mass is 10.1. The molecular weight excluding hydrogens is 166 g/mol. The second-order valence-electron chi connectivity index (χ2n) is 2.76. The molecule has 0 radical (unpaired) electrons. The van der Waals surface area contributed by atoms with Gasteiger partial charge < -0.3 is 10.1 Å². The van der Waals surface area contributed by atoms with Gasteiger partial charge in [0, 0.05) is 12.6 Å². The lowest BCUT2D eigenvalue weighted by Crippen LogP contribution is -2.17. The van der Waals surface area contributed by atoms with Gasteiger partial charge in [0.1, 0.15) is 5.75 Å². The zero-order chi connectivity index (χ0) is 9.84. The van der Waals surface area contributed by atoms with Crippen LogP contribution < -0.4 is 10.1 Å². The summed E-state index contributed by atoms with van der Waals surface area (Å²) in [7, 11) is 3.20. The average Bonchev–Trinajstić information content (AvgIpc) is 2.17. The van der Waals surface area contributed by atoms with Crippen LogP contribution in [0.25, 0.3) is 0 Å². The topological polar surface area (TPSA) is 38.3 Å². The molecule has 0 saturated heterocycles. The van der Waals surface area contributed by atoms with Crippen LogP contribution >= 0.6 is 0 Å². The predicted molar refractivity (Wildman–Crippen MR) is 51.1 cm³/mol. The van der Waals surface area contributed by atoms with E-state index in [4.69, 9.17) is 4.74 Å². The van der Waals surface area contributed by atoms with Crippen LogP contribution in [0.5, 0.6) is 5.75 Å². The van der Waals surface area contributed by atoms with E-state index in [-0.39, 0.29) is 5.91 Å². The van der Waals surface area contributed by atoms with Gasteiger partial charge in [0.2, 0.25) is 0 Å². The quantitative estimate of drug-likeness (QED) is 0.744. The Morgan fingerprint density at radius 3 is 2.69 bits per heavy atom. The molecule has 0 unspecified atom stereocenters. The smallest absolute Gasteiger partial charge is 0.251 e. The molecule has 0 heterocycles. The van der Waals surface area contributed by atoms with Crippen LogP contribution in [-0.2, 0) is 0 Å². The minimum atomic E-state index is -0.0988. The van der Waals surface area contributed by atoms with Gasteiger partial charge in [-0.05, 0) is 24.6 Å². The molecule has 0 aromatic heterocycles. The van der Waals surface area contributed by atoms with Gasteiger partial charge in [0.05, 0.1) is 7.11 Å². The average molecular weight is 179 g/mol. The lowest BCUT2D eigenvalue weighted by molar-refractivity contribution is 0.0963. The molecule has 0 bridgehead atoms. The summed E-state index contributed by atoms with van der Waals surface area (Å²) in [5.41, 5.74) is 1.64. The number of methoxy groups -OCH3 is 1. The van der Waals surface area contributed by atoms with Gasteiger partial charge in [0.15, 0.2) is 0 Å². The van der Waals surface area contributed by atoms with E-state index in [0.29, 0.717) is 5.56 Å². The fourth-order valence-corrected chi connectivity index (χ4v) is 1.11. The van der Waals surface area contributed by atoms with Crippen molar-refractivity contribution in [2.45, 2.75) is 6.92 Å². The summed E-state index contributed by atoms with van der Waals surface area (Å²) in [6, 6.07) is 5.37. The summed E-state index contributed by atoms with van der Waals surface area (Å²) in [6.45, 7) is 1.94. The summed E-state index contributed by atoms with van der Waals surface area (Å²) in [5, 5.41) is 2.56. The highest BCUT2D eigenvalue weighted by Crippen LogP contribution is 2.18. The Bertz CT molecular complexity index is 321. The number of hydrogen-bond donors (Lipinski definition) is 1. The first-order chi connectivity index (χ1) is 6.19. The van der Waals surface area contributed by atoms with Crippen LogP contribution in [0, 0.1) is 6.92 Å². The maximum Gasteiger partial charge on any atom is 0.251 e. The standard InChI is InChI=1S/C10H13NO2/c1-7-4-5-8(10(12)11-2)6-9(7)13-3/h4-6H,1-3H3,(H,11,12). The Morgan fingerprint density at radius 1 is 1.46 bits per heavy atom. The van der Waals surface area contributed by atoms with Crippen molar-refractivity contribution in [3.8, 4) is 5.75 Å². The molecule has 1 rings (SSSR count). The molecule has 13 heavy (non-hydrogen) atoms. The van der Waals surface area contributed by atoms with Crippen LogP contribution in [0.3, 0.4) is 0 Å². The van der Waals surface area contributed by atoms with E-state index in [1.54, 1.807) is 26.3 Å². The minimum Gasteiger partial charge on any atom is -0.496 e. The van der Waals surface area contributed by atoms with Crippen molar-refractivity contribution >= 4 is 5.91 Å². The first kappa shape index (κ1) is 9.58. The maximum atomic E-state index is 11.2. The molecule has 0 saturated carbocycles. The van der Waals surface area contributed by atoms with E-state index >= 15 is 0 Å².